The molecule has 1 N–H and O–H groups in total. The zero-order valence-electron chi connectivity index (χ0n) is 9.84. The monoisotopic (exact) mass is 335 g/mol. The molecule has 0 spiro atoms. The molecule has 0 saturated carbocycles. The van der Waals surface area contributed by atoms with E-state index in [-0.39, 0.29) is 11.4 Å². The lowest BCUT2D eigenvalue weighted by atomic mass is 10.3. The fourth-order valence-electron chi connectivity index (χ4n) is 1.89. The lowest BCUT2D eigenvalue weighted by Crippen LogP contribution is -2.29. The van der Waals surface area contributed by atoms with Crippen LogP contribution >= 0.6 is 15.9 Å². The largest absolute Gasteiger partial charge is 0.496 e. The maximum atomic E-state index is 12.3. The predicted molar refractivity (Wildman–Crippen MR) is 70.1 cm³/mol. The van der Waals surface area contributed by atoms with Gasteiger partial charge in [0.25, 0.3) is 0 Å². The molecule has 0 aliphatic carbocycles. The van der Waals surface area contributed by atoms with Gasteiger partial charge >= 0.3 is 0 Å². The van der Waals surface area contributed by atoms with Crippen LogP contribution in [0.2, 0.25) is 0 Å². The van der Waals surface area contributed by atoms with E-state index >= 15 is 0 Å². The van der Waals surface area contributed by atoms with Crippen LogP contribution in [0.3, 0.4) is 0 Å². The number of nitrogens with zero attached hydrogens (tertiary/aromatic N) is 1. The predicted octanol–water partition coefficient (Wildman–Crippen LogP) is 1.21. The molecule has 5 nitrogen and oxygen atoms in total. The summed E-state index contributed by atoms with van der Waals surface area (Å²) in [5, 5.41) is 9.41. The van der Waals surface area contributed by atoms with Crippen molar-refractivity contribution in [3.05, 3.63) is 22.7 Å². The van der Waals surface area contributed by atoms with Gasteiger partial charge in [-0.2, -0.15) is 4.31 Å². The summed E-state index contributed by atoms with van der Waals surface area (Å²) in [6, 6.07) is 4.62. The third-order valence-electron chi connectivity index (χ3n) is 2.89. The van der Waals surface area contributed by atoms with E-state index in [1.807, 2.05) is 0 Å². The van der Waals surface area contributed by atoms with Crippen molar-refractivity contribution in [1.82, 2.24) is 4.31 Å². The number of sulfonamides is 1. The fraction of sp³-hybridized carbons (Fsp3) is 0.455. The topological polar surface area (TPSA) is 66.8 Å². The van der Waals surface area contributed by atoms with E-state index in [1.54, 1.807) is 6.07 Å². The molecule has 0 bridgehead atoms. The molecule has 100 valence electrons. The van der Waals surface area contributed by atoms with E-state index in [9.17, 15) is 13.5 Å². The molecular formula is C11H14BrNO4S. The van der Waals surface area contributed by atoms with Crippen LogP contribution in [-0.2, 0) is 10.0 Å². The molecule has 18 heavy (non-hydrogen) atoms. The minimum atomic E-state index is -3.53. The Hall–Kier alpha value is -0.630. The molecular weight excluding hydrogens is 322 g/mol. The maximum Gasteiger partial charge on any atom is 0.243 e. The van der Waals surface area contributed by atoms with Crippen molar-refractivity contribution in [2.45, 2.75) is 17.4 Å². The summed E-state index contributed by atoms with van der Waals surface area (Å²) in [7, 11) is -2.01. The van der Waals surface area contributed by atoms with Gasteiger partial charge in [0.15, 0.2) is 0 Å². The van der Waals surface area contributed by atoms with Crippen molar-refractivity contribution in [1.29, 1.82) is 0 Å². The Morgan fingerprint density at radius 2 is 2.22 bits per heavy atom. The van der Waals surface area contributed by atoms with Crippen LogP contribution in [0.15, 0.2) is 27.6 Å². The van der Waals surface area contributed by atoms with Gasteiger partial charge < -0.3 is 9.84 Å². The summed E-state index contributed by atoms with van der Waals surface area (Å²) in [6.45, 7) is 0.513. The molecule has 1 aromatic carbocycles. The maximum absolute atomic E-state index is 12.3. The number of halogens is 1. The van der Waals surface area contributed by atoms with Crippen molar-refractivity contribution >= 4 is 26.0 Å². The van der Waals surface area contributed by atoms with Crippen LogP contribution in [0.5, 0.6) is 5.75 Å². The van der Waals surface area contributed by atoms with Crippen molar-refractivity contribution < 1.29 is 18.3 Å². The van der Waals surface area contributed by atoms with Crippen molar-refractivity contribution in [2.75, 3.05) is 20.2 Å². The first-order valence-corrected chi connectivity index (χ1v) is 7.70. The highest BCUT2D eigenvalue weighted by atomic mass is 79.9. The zero-order chi connectivity index (χ0) is 13.3. The molecule has 1 fully saturated rings. The van der Waals surface area contributed by atoms with Gasteiger partial charge in [-0.3, -0.25) is 0 Å². The number of ether oxygens (including phenoxy) is 1. The Kier molecular flexibility index (Phi) is 3.96. The first kappa shape index (κ1) is 13.8. The van der Waals surface area contributed by atoms with E-state index in [0.717, 1.165) is 0 Å². The van der Waals surface area contributed by atoms with Crippen LogP contribution in [-0.4, -0.2) is 44.1 Å². The highest BCUT2D eigenvalue weighted by molar-refractivity contribution is 9.10. The lowest BCUT2D eigenvalue weighted by molar-refractivity contribution is 0.189. The fourth-order valence-corrected chi connectivity index (χ4v) is 4.10. The molecule has 0 unspecified atom stereocenters. The highest BCUT2D eigenvalue weighted by Gasteiger charge is 2.31. The van der Waals surface area contributed by atoms with Gasteiger partial charge in [0, 0.05) is 13.1 Å². The normalized spacial score (nSPS) is 21.2. The SMILES string of the molecule is COc1ccc(S(=O)(=O)N2CC[C@@H](O)C2)cc1Br. The number of benzene rings is 1. The summed E-state index contributed by atoms with van der Waals surface area (Å²) in [5.41, 5.74) is 0. The second-order valence-corrected chi connectivity index (χ2v) is 6.89. The number of β-amino-alcohol motifs (C(OH)–C–C–N with tert-alkyl or cyclic N) is 1. The van der Waals surface area contributed by atoms with Gasteiger partial charge in [-0.05, 0) is 40.5 Å². The van der Waals surface area contributed by atoms with Gasteiger partial charge in [0.05, 0.1) is 22.6 Å². The Morgan fingerprint density at radius 3 is 2.72 bits per heavy atom. The standard InChI is InChI=1S/C11H14BrNO4S/c1-17-11-3-2-9(6-10(11)12)18(15,16)13-5-4-8(14)7-13/h2-3,6,8,14H,4-5,7H2,1H3/t8-/m1/s1. The van der Waals surface area contributed by atoms with Gasteiger partial charge in [0.1, 0.15) is 5.75 Å². The molecule has 0 aromatic heterocycles. The summed E-state index contributed by atoms with van der Waals surface area (Å²) in [4.78, 5) is 0.198. The van der Waals surface area contributed by atoms with Crippen LogP contribution in [0.25, 0.3) is 0 Å². The van der Waals surface area contributed by atoms with Gasteiger partial charge in [-0.15, -0.1) is 0 Å². The Bertz CT molecular complexity index is 546. The zero-order valence-corrected chi connectivity index (χ0v) is 12.2. The average Bonchev–Trinajstić information content (AvgIpc) is 2.76. The smallest absolute Gasteiger partial charge is 0.243 e. The highest BCUT2D eigenvalue weighted by Crippen LogP contribution is 2.29. The summed E-state index contributed by atoms with van der Waals surface area (Å²) >= 11 is 3.26. The van der Waals surface area contributed by atoms with E-state index in [0.29, 0.717) is 23.2 Å². The van der Waals surface area contributed by atoms with Crippen LogP contribution in [0.4, 0.5) is 0 Å². The van der Waals surface area contributed by atoms with Crippen LogP contribution in [0, 0.1) is 0 Å². The summed E-state index contributed by atoms with van der Waals surface area (Å²) in [6.07, 6.45) is -0.0854. The van der Waals surface area contributed by atoms with E-state index in [2.05, 4.69) is 15.9 Å². The molecule has 1 heterocycles. The third-order valence-corrected chi connectivity index (χ3v) is 5.37. The second kappa shape index (κ2) is 5.16. The number of aliphatic hydroxyl groups excluding tert-OH is 1. The van der Waals surface area contributed by atoms with Crippen molar-refractivity contribution in [3.8, 4) is 5.75 Å². The minimum absolute atomic E-state index is 0.159. The number of hydrogen-bond acceptors (Lipinski definition) is 4. The van der Waals surface area contributed by atoms with Crippen molar-refractivity contribution in [3.63, 3.8) is 0 Å². The van der Waals surface area contributed by atoms with Crippen LogP contribution in [0.1, 0.15) is 6.42 Å². The van der Waals surface area contributed by atoms with E-state index in [4.69, 9.17) is 4.74 Å². The molecule has 1 saturated heterocycles. The molecule has 1 aliphatic rings. The molecule has 1 aliphatic heterocycles. The first-order chi connectivity index (χ1) is 8.45. The Morgan fingerprint density at radius 1 is 1.50 bits per heavy atom. The Balaban J connectivity index is 2.33. The molecule has 0 amide bonds. The number of aliphatic hydroxyl groups is 1. The molecule has 1 atom stereocenters. The average molecular weight is 336 g/mol. The lowest BCUT2D eigenvalue weighted by Gasteiger charge is -2.16. The first-order valence-electron chi connectivity index (χ1n) is 5.47. The van der Waals surface area contributed by atoms with Gasteiger partial charge in [-0.25, -0.2) is 8.42 Å². The second-order valence-electron chi connectivity index (χ2n) is 4.10. The minimum Gasteiger partial charge on any atom is -0.496 e. The van der Waals surface area contributed by atoms with Crippen LogP contribution < -0.4 is 4.74 Å². The van der Waals surface area contributed by atoms with Crippen molar-refractivity contribution in [2.24, 2.45) is 0 Å². The number of hydrogen-bond donors (Lipinski definition) is 1. The van der Waals surface area contributed by atoms with Gasteiger partial charge in [0.2, 0.25) is 10.0 Å². The molecule has 7 heteroatoms. The van der Waals surface area contributed by atoms with Gasteiger partial charge in [-0.1, -0.05) is 0 Å². The third kappa shape index (κ3) is 2.54. The quantitative estimate of drug-likeness (QED) is 0.901. The Labute approximate surface area is 115 Å². The molecule has 1 aromatic rings. The number of rotatable bonds is 3. The molecule has 2 rings (SSSR count). The van der Waals surface area contributed by atoms with E-state index in [1.165, 1.54) is 23.5 Å². The number of methoxy groups -OCH3 is 1. The molecule has 0 radical (unpaired) electrons. The summed E-state index contributed by atoms with van der Waals surface area (Å²) in [5.74, 6) is 0.579. The van der Waals surface area contributed by atoms with E-state index < -0.39 is 16.1 Å². The summed E-state index contributed by atoms with van der Waals surface area (Å²) < 4.78 is 31.5.